The van der Waals surface area contributed by atoms with Crippen LogP contribution in [0.5, 0.6) is 0 Å². The van der Waals surface area contributed by atoms with Crippen molar-refractivity contribution in [2.75, 3.05) is 26.4 Å². The third kappa shape index (κ3) is 7.39. The summed E-state index contributed by atoms with van der Waals surface area (Å²) in [6.45, 7) is 5.43. The molecule has 0 unspecified atom stereocenters. The first kappa shape index (κ1) is 9.39. The largest absolute Gasteiger partial charge is 0.480 e. The number of aliphatic carboxylic acids is 1. The zero-order chi connectivity index (χ0) is 7.82. The summed E-state index contributed by atoms with van der Waals surface area (Å²) in [5, 5.41) is 8.08. The lowest BCUT2D eigenvalue weighted by Crippen LogP contribution is -2.11. The fourth-order valence-electron chi connectivity index (χ4n) is 0.361. The minimum atomic E-state index is -0.979. The highest BCUT2D eigenvalue weighted by Crippen LogP contribution is 1.77. The van der Waals surface area contributed by atoms with Gasteiger partial charge in [-0.1, -0.05) is 0 Å². The maximum atomic E-state index is 9.84. The summed E-state index contributed by atoms with van der Waals surface area (Å²) >= 11 is 0. The summed E-state index contributed by atoms with van der Waals surface area (Å²) in [4.78, 5) is 9.84. The number of carboxylic acid groups (broad SMARTS) is 1. The summed E-state index contributed by atoms with van der Waals surface area (Å²) in [6, 6.07) is 0. The molecular weight excluding hydrogens is 136 g/mol. The van der Waals surface area contributed by atoms with E-state index >= 15 is 0 Å². The van der Waals surface area contributed by atoms with E-state index in [4.69, 9.17) is 12.0 Å². The van der Waals surface area contributed by atoms with Crippen LogP contribution in [0.3, 0.4) is 0 Å². The van der Waals surface area contributed by atoms with Gasteiger partial charge in [0.1, 0.15) is 6.61 Å². The van der Waals surface area contributed by atoms with Crippen LogP contribution in [0.25, 0.3) is 0 Å². The van der Waals surface area contributed by atoms with Gasteiger partial charge in [0.25, 0.3) is 0 Å². The summed E-state index contributed by atoms with van der Waals surface area (Å²) in [6.07, 6.45) is 0. The predicted molar refractivity (Wildman–Crippen MR) is 33.6 cm³/mol. The summed E-state index contributed by atoms with van der Waals surface area (Å²) in [7, 11) is 0. The maximum Gasteiger partial charge on any atom is 0.329 e. The van der Waals surface area contributed by atoms with Gasteiger partial charge in [-0.3, -0.25) is 0 Å². The molecule has 0 amide bonds. The third-order valence-electron chi connectivity index (χ3n) is 0.715. The molecule has 4 heteroatoms. The van der Waals surface area contributed by atoms with E-state index in [0.29, 0.717) is 6.61 Å². The Morgan fingerprint density at radius 2 is 2.00 bits per heavy atom. The zero-order valence-corrected chi connectivity index (χ0v) is 5.58. The molecule has 0 saturated heterocycles. The van der Waals surface area contributed by atoms with Gasteiger partial charge in [-0.2, -0.15) is 0 Å². The van der Waals surface area contributed by atoms with Gasteiger partial charge in [0.15, 0.2) is 0 Å². The Morgan fingerprint density at radius 1 is 1.40 bits per heavy atom. The molecule has 0 aliphatic heterocycles. The van der Waals surface area contributed by atoms with Crippen LogP contribution < -0.4 is 0 Å². The third-order valence-corrected chi connectivity index (χ3v) is 0.715. The van der Waals surface area contributed by atoms with E-state index in [-0.39, 0.29) is 19.8 Å². The maximum absolute atomic E-state index is 9.84. The molecule has 2 radical (unpaired) electrons. The second-order valence-electron chi connectivity index (χ2n) is 1.52. The molecule has 0 fully saturated rings. The van der Waals surface area contributed by atoms with Gasteiger partial charge >= 0.3 is 5.97 Å². The molecule has 10 heavy (non-hydrogen) atoms. The first-order chi connectivity index (χ1) is 4.77. The summed E-state index contributed by atoms with van der Waals surface area (Å²) in [5.74, 6) is -0.979. The monoisotopic (exact) mass is 146 g/mol. The minimum Gasteiger partial charge on any atom is -0.480 e. The molecular formula is C6H10O4. The molecule has 0 saturated carbocycles. The SMILES string of the molecule is [CH]COCCOCC(=O)O. The Balaban J connectivity index is 2.84. The highest BCUT2D eigenvalue weighted by molar-refractivity contribution is 5.67. The molecule has 0 aromatic carbocycles. The van der Waals surface area contributed by atoms with E-state index in [1.807, 2.05) is 0 Å². The molecule has 0 aliphatic carbocycles. The molecule has 0 spiro atoms. The number of carbonyl (C=O) groups is 1. The Hall–Kier alpha value is -0.610. The molecule has 1 N–H and O–H groups in total. The lowest BCUT2D eigenvalue weighted by molar-refractivity contribution is -0.142. The second-order valence-corrected chi connectivity index (χ2v) is 1.52. The van der Waals surface area contributed by atoms with E-state index in [1.54, 1.807) is 0 Å². The quantitative estimate of drug-likeness (QED) is 0.528. The Kier molecular flexibility index (Phi) is 6.11. The average Bonchev–Trinajstić information content (AvgIpc) is 1.87. The van der Waals surface area contributed by atoms with Gasteiger partial charge in [0, 0.05) is 0 Å². The zero-order valence-electron chi connectivity index (χ0n) is 5.58. The van der Waals surface area contributed by atoms with Gasteiger partial charge in [0.2, 0.25) is 0 Å². The van der Waals surface area contributed by atoms with Crippen LogP contribution in [0.4, 0.5) is 0 Å². The first-order valence-electron chi connectivity index (χ1n) is 2.84. The fourth-order valence-corrected chi connectivity index (χ4v) is 0.361. The Labute approximate surface area is 59.7 Å². The molecule has 0 aromatic heterocycles. The van der Waals surface area contributed by atoms with Crippen molar-refractivity contribution >= 4 is 5.97 Å². The topological polar surface area (TPSA) is 55.8 Å². The van der Waals surface area contributed by atoms with E-state index in [9.17, 15) is 4.79 Å². The van der Waals surface area contributed by atoms with E-state index in [2.05, 4.69) is 9.47 Å². The average molecular weight is 146 g/mol. The van der Waals surface area contributed by atoms with E-state index in [0.717, 1.165) is 0 Å². The van der Waals surface area contributed by atoms with Crippen LogP contribution in [0.2, 0.25) is 0 Å². The molecule has 4 nitrogen and oxygen atoms in total. The molecule has 0 bridgehead atoms. The lowest BCUT2D eigenvalue weighted by atomic mass is 10.7. The Bertz CT molecular complexity index is 91.7. The molecule has 0 atom stereocenters. The highest BCUT2D eigenvalue weighted by Gasteiger charge is 1.94. The normalized spacial score (nSPS) is 9.70. The van der Waals surface area contributed by atoms with Crippen LogP contribution in [0, 0.1) is 6.92 Å². The van der Waals surface area contributed by atoms with Gasteiger partial charge < -0.3 is 14.6 Å². The van der Waals surface area contributed by atoms with Gasteiger partial charge in [-0.05, 0) is 6.92 Å². The van der Waals surface area contributed by atoms with Crippen molar-refractivity contribution in [3.05, 3.63) is 6.92 Å². The van der Waals surface area contributed by atoms with Crippen molar-refractivity contribution in [1.29, 1.82) is 0 Å². The van der Waals surface area contributed by atoms with Crippen LogP contribution in [-0.2, 0) is 14.3 Å². The molecule has 0 heterocycles. The number of rotatable bonds is 6. The minimum absolute atomic E-state index is 0.135. The number of hydrogen-bond donors (Lipinski definition) is 1. The van der Waals surface area contributed by atoms with Crippen molar-refractivity contribution in [2.24, 2.45) is 0 Å². The predicted octanol–water partition coefficient (Wildman–Crippen LogP) is -0.185. The highest BCUT2D eigenvalue weighted by atomic mass is 16.5. The van der Waals surface area contributed by atoms with Gasteiger partial charge in [0.05, 0.1) is 19.8 Å². The van der Waals surface area contributed by atoms with Gasteiger partial charge in [-0.15, -0.1) is 0 Å². The lowest BCUT2D eigenvalue weighted by Gasteiger charge is -1.99. The number of ether oxygens (including phenoxy) is 2. The standard InChI is InChI=1S/C6H10O4/c1-2-9-3-4-10-5-6(7)8/h1H,2-5H2,(H,7,8). The smallest absolute Gasteiger partial charge is 0.329 e. The Morgan fingerprint density at radius 3 is 2.50 bits per heavy atom. The van der Waals surface area contributed by atoms with Crippen LogP contribution in [-0.4, -0.2) is 37.5 Å². The van der Waals surface area contributed by atoms with Crippen molar-refractivity contribution in [3.63, 3.8) is 0 Å². The van der Waals surface area contributed by atoms with Crippen molar-refractivity contribution in [3.8, 4) is 0 Å². The van der Waals surface area contributed by atoms with Crippen LogP contribution in [0.15, 0.2) is 0 Å². The second kappa shape index (κ2) is 6.51. The number of carboxylic acids is 1. The van der Waals surface area contributed by atoms with E-state index in [1.165, 1.54) is 0 Å². The molecule has 0 rings (SSSR count). The summed E-state index contributed by atoms with van der Waals surface area (Å²) in [5.41, 5.74) is 0. The molecule has 0 aromatic rings. The molecule has 0 aliphatic rings. The number of hydrogen-bond acceptors (Lipinski definition) is 3. The molecule has 58 valence electrons. The van der Waals surface area contributed by atoms with E-state index < -0.39 is 5.97 Å². The first-order valence-corrected chi connectivity index (χ1v) is 2.84. The van der Waals surface area contributed by atoms with Crippen molar-refractivity contribution in [2.45, 2.75) is 0 Å². The summed E-state index contributed by atoms with van der Waals surface area (Å²) < 4.78 is 9.29. The van der Waals surface area contributed by atoms with Crippen LogP contribution >= 0.6 is 0 Å². The fraction of sp³-hybridized carbons (Fsp3) is 0.667. The van der Waals surface area contributed by atoms with Crippen molar-refractivity contribution < 1.29 is 19.4 Å². The van der Waals surface area contributed by atoms with Crippen molar-refractivity contribution in [1.82, 2.24) is 0 Å². The van der Waals surface area contributed by atoms with Gasteiger partial charge in [-0.25, -0.2) is 4.79 Å². The van der Waals surface area contributed by atoms with Crippen LogP contribution in [0.1, 0.15) is 0 Å².